The Labute approximate surface area is 211 Å². The number of nitrogens with one attached hydrogen (secondary N) is 1. The second-order valence-electron chi connectivity index (χ2n) is 9.80. The maximum atomic E-state index is 13.3. The molecular weight excluding hydrogens is 450 g/mol. The van der Waals surface area contributed by atoms with Crippen molar-refractivity contribution in [3.05, 3.63) is 89.9 Å². The van der Waals surface area contributed by atoms with Gasteiger partial charge in [0.1, 0.15) is 5.69 Å². The first-order chi connectivity index (χ1) is 17.5. The number of piperidine rings is 1. The zero-order valence-electron chi connectivity index (χ0n) is 20.9. The first-order valence-electron chi connectivity index (χ1n) is 12.6. The van der Waals surface area contributed by atoms with Crippen LogP contribution in [0.25, 0.3) is 10.9 Å². The van der Waals surface area contributed by atoms with Crippen LogP contribution in [0.15, 0.2) is 73.1 Å². The molecule has 1 atom stereocenters. The molecule has 1 saturated heterocycles. The quantitative estimate of drug-likeness (QED) is 0.431. The van der Waals surface area contributed by atoms with Crippen molar-refractivity contribution in [2.75, 3.05) is 20.1 Å². The van der Waals surface area contributed by atoms with Gasteiger partial charge >= 0.3 is 0 Å². The third-order valence-electron chi connectivity index (χ3n) is 7.49. The number of benzene rings is 2. The van der Waals surface area contributed by atoms with Crippen LogP contribution in [-0.2, 0) is 24.7 Å². The number of likely N-dealkylation sites (tertiary alicyclic amines) is 1. The monoisotopic (exact) mass is 483 g/mol. The summed E-state index contributed by atoms with van der Waals surface area (Å²) in [4.78, 5) is 33.5. The fraction of sp³-hybridized carbons (Fsp3) is 0.345. The highest BCUT2D eigenvalue weighted by Gasteiger charge is 2.33. The van der Waals surface area contributed by atoms with Gasteiger partial charge < -0.3 is 14.8 Å². The number of carbonyl (C=O) groups is 2. The van der Waals surface area contributed by atoms with Crippen LogP contribution in [0.4, 0.5) is 0 Å². The largest absolute Gasteiger partial charge is 0.361 e. The fourth-order valence-electron chi connectivity index (χ4n) is 5.42. The maximum absolute atomic E-state index is 13.3. The number of aromatic amines is 1. The molecule has 36 heavy (non-hydrogen) atoms. The SMILES string of the molecule is CN(C(=O)c1ccn(C)n1)C(Cc1ccccc1)C1CCN(C(=O)Cc2c[nH]c3ccccc23)CC1. The van der Waals surface area contributed by atoms with Gasteiger partial charge in [-0.25, -0.2) is 0 Å². The van der Waals surface area contributed by atoms with Crippen molar-refractivity contribution < 1.29 is 9.59 Å². The minimum Gasteiger partial charge on any atom is -0.361 e. The third-order valence-corrected chi connectivity index (χ3v) is 7.49. The molecular formula is C29H33N5O2. The molecule has 3 heterocycles. The summed E-state index contributed by atoms with van der Waals surface area (Å²) in [5.41, 5.74) is 3.77. The van der Waals surface area contributed by atoms with E-state index in [0.29, 0.717) is 31.1 Å². The first kappa shape index (κ1) is 23.9. The lowest BCUT2D eigenvalue weighted by molar-refractivity contribution is -0.132. The highest BCUT2D eigenvalue weighted by atomic mass is 16.2. The van der Waals surface area contributed by atoms with Gasteiger partial charge in [0, 0.05) is 56.5 Å². The smallest absolute Gasteiger partial charge is 0.274 e. The van der Waals surface area contributed by atoms with Crippen molar-refractivity contribution in [1.29, 1.82) is 0 Å². The zero-order chi connectivity index (χ0) is 25.1. The standard InChI is InChI=1S/C29H33N5O2/c1-32-15-14-26(31-32)29(36)33(2)27(18-21-8-4-3-5-9-21)22-12-16-34(17-13-22)28(35)19-23-20-30-25-11-7-6-10-24(23)25/h3-11,14-15,20,22,27,30H,12-13,16-19H2,1-2H3. The number of fused-ring (bicyclic) bond motifs is 1. The predicted octanol–water partition coefficient (Wildman–Crippen LogP) is 4.07. The molecule has 2 aromatic carbocycles. The lowest BCUT2D eigenvalue weighted by Crippen LogP contribution is -2.48. The number of nitrogens with zero attached hydrogens (tertiary/aromatic N) is 4. The summed E-state index contributed by atoms with van der Waals surface area (Å²) < 4.78 is 1.66. The van der Waals surface area contributed by atoms with E-state index in [4.69, 9.17) is 0 Å². The van der Waals surface area contributed by atoms with Crippen molar-refractivity contribution in [2.45, 2.75) is 31.7 Å². The Kier molecular flexibility index (Phi) is 6.89. The van der Waals surface area contributed by atoms with Crippen molar-refractivity contribution in [3.8, 4) is 0 Å². The summed E-state index contributed by atoms with van der Waals surface area (Å²) >= 11 is 0. The van der Waals surface area contributed by atoms with E-state index in [0.717, 1.165) is 35.7 Å². The van der Waals surface area contributed by atoms with Gasteiger partial charge in [0.05, 0.1) is 6.42 Å². The van der Waals surface area contributed by atoms with Crippen LogP contribution in [-0.4, -0.2) is 62.6 Å². The topological polar surface area (TPSA) is 74.2 Å². The van der Waals surface area contributed by atoms with Crippen LogP contribution in [0.2, 0.25) is 0 Å². The molecule has 1 aliphatic heterocycles. The van der Waals surface area contributed by atoms with Crippen molar-refractivity contribution >= 4 is 22.7 Å². The van der Waals surface area contributed by atoms with Gasteiger partial charge in [-0.05, 0) is 48.4 Å². The average molecular weight is 484 g/mol. The van der Waals surface area contributed by atoms with Crippen LogP contribution in [0.1, 0.15) is 34.5 Å². The van der Waals surface area contributed by atoms with Gasteiger partial charge in [0.15, 0.2) is 0 Å². The Morgan fingerprint density at radius 2 is 1.78 bits per heavy atom. The van der Waals surface area contributed by atoms with E-state index in [1.807, 2.05) is 66.5 Å². The van der Waals surface area contributed by atoms with E-state index in [1.165, 1.54) is 5.56 Å². The lowest BCUT2D eigenvalue weighted by Gasteiger charge is -2.40. The summed E-state index contributed by atoms with van der Waals surface area (Å²) in [6.07, 6.45) is 6.67. The Morgan fingerprint density at radius 3 is 2.50 bits per heavy atom. The molecule has 0 saturated carbocycles. The molecule has 4 aromatic rings. The van der Waals surface area contributed by atoms with Gasteiger partial charge in [-0.3, -0.25) is 14.3 Å². The molecule has 2 aromatic heterocycles. The van der Waals surface area contributed by atoms with Gasteiger partial charge in [0.2, 0.25) is 5.91 Å². The summed E-state index contributed by atoms with van der Waals surface area (Å²) in [6.45, 7) is 1.42. The Hall–Kier alpha value is -3.87. The number of aryl methyl sites for hydroxylation is 1. The van der Waals surface area contributed by atoms with Gasteiger partial charge in [-0.1, -0.05) is 48.5 Å². The van der Waals surface area contributed by atoms with E-state index in [9.17, 15) is 9.59 Å². The number of rotatable bonds is 7. The highest BCUT2D eigenvalue weighted by molar-refractivity contribution is 5.92. The molecule has 1 aliphatic rings. The molecule has 0 bridgehead atoms. The first-order valence-corrected chi connectivity index (χ1v) is 12.6. The van der Waals surface area contributed by atoms with Crippen molar-refractivity contribution in [1.82, 2.24) is 24.6 Å². The minimum atomic E-state index is -0.0608. The summed E-state index contributed by atoms with van der Waals surface area (Å²) in [5.74, 6) is 0.408. The number of carbonyl (C=O) groups excluding carboxylic acids is 2. The molecule has 0 aliphatic carbocycles. The number of hydrogen-bond acceptors (Lipinski definition) is 3. The number of likely N-dealkylation sites (N-methyl/N-ethyl adjacent to an activating group) is 1. The molecule has 2 amide bonds. The van der Waals surface area contributed by atoms with Gasteiger partial charge in [0.25, 0.3) is 5.91 Å². The summed E-state index contributed by atoms with van der Waals surface area (Å²) in [7, 11) is 3.71. The van der Waals surface area contributed by atoms with Crippen LogP contribution in [0, 0.1) is 5.92 Å². The predicted molar refractivity (Wildman–Crippen MR) is 141 cm³/mol. The molecule has 7 heteroatoms. The van der Waals surface area contributed by atoms with E-state index in [-0.39, 0.29) is 17.9 Å². The Balaban J connectivity index is 1.27. The van der Waals surface area contributed by atoms with Crippen LogP contribution in [0.3, 0.4) is 0 Å². The van der Waals surface area contributed by atoms with Gasteiger partial charge in [-0.2, -0.15) is 5.10 Å². The maximum Gasteiger partial charge on any atom is 0.274 e. The normalized spacial score (nSPS) is 15.2. The van der Waals surface area contributed by atoms with E-state index in [1.54, 1.807) is 16.9 Å². The van der Waals surface area contributed by atoms with Crippen LogP contribution in [0.5, 0.6) is 0 Å². The number of hydrogen-bond donors (Lipinski definition) is 1. The molecule has 5 rings (SSSR count). The minimum absolute atomic E-state index is 0.0350. The summed E-state index contributed by atoms with van der Waals surface area (Å²) in [6, 6.07) is 20.2. The third kappa shape index (κ3) is 5.05. The van der Waals surface area contributed by atoms with Crippen molar-refractivity contribution in [3.63, 3.8) is 0 Å². The Bertz CT molecular complexity index is 1330. The number of amides is 2. The van der Waals surface area contributed by atoms with Crippen molar-refractivity contribution in [2.24, 2.45) is 13.0 Å². The number of para-hydroxylation sites is 1. The molecule has 0 radical (unpaired) electrons. The van der Waals surface area contributed by atoms with Gasteiger partial charge in [-0.15, -0.1) is 0 Å². The molecule has 186 valence electrons. The lowest BCUT2D eigenvalue weighted by atomic mass is 9.84. The molecule has 7 nitrogen and oxygen atoms in total. The Morgan fingerprint density at radius 1 is 1.06 bits per heavy atom. The van der Waals surface area contributed by atoms with Crippen LogP contribution < -0.4 is 0 Å². The fourth-order valence-corrected chi connectivity index (χ4v) is 5.42. The second kappa shape index (κ2) is 10.4. The number of aromatic nitrogens is 3. The molecule has 1 unspecified atom stereocenters. The van der Waals surface area contributed by atoms with Crippen LogP contribution >= 0.6 is 0 Å². The van der Waals surface area contributed by atoms with E-state index < -0.39 is 0 Å². The second-order valence-corrected chi connectivity index (χ2v) is 9.80. The van der Waals surface area contributed by atoms with E-state index >= 15 is 0 Å². The zero-order valence-corrected chi connectivity index (χ0v) is 20.9. The average Bonchev–Trinajstić information content (AvgIpc) is 3.53. The molecule has 0 spiro atoms. The number of H-pyrrole nitrogens is 1. The molecule has 1 N–H and O–H groups in total. The highest BCUT2D eigenvalue weighted by Crippen LogP contribution is 2.28. The molecule has 1 fully saturated rings. The summed E-state index contributed by atoms with van der Waals surface area (Å²) in [5, 5.41) is 5.44. The van der Waals surface area contributed by atoms with E-state index in [2.05, 4.69) is 28.3 Å².